The van der Waals surface area contributed by atoms with Gasteiger partial charge in [-0.25, -0.2) is 4.68 Å². The van der Waals surface area contributed by atoms with Gasteiger partial charge >= 0.3 is 0 Å². The first-order chi connectivity index (χ1) is 8.02. The van der Waals surface area contributed by atoms with E-state index in [0.29, 0.717) is 11.6 Å². The molecule has 1 aromatic heterocycles. The van der Waals surface area contributed by atoms with Crippen LogP contribution in [-0.4, -0.2) is 39.2 Å². The van der Waals surface area contributed by atoms with E-state index in [4.69, 9.17) is 5.11 Å². The van der Waals surface area contributed by atoms with Crippen LogP contribution in [0.15, 0.2) is 17.1 Å². The van der Waals surface area contributed by atoms with Crippen LogP contribution < -0.4 is 10.9 Å². The molecule has 0 aromatic carbocycles. The first-order valence-corrected chi connectivity index (χ1v) is 5.63. The Hall–Kier alpha value is -1.40. The minimum Gasteiger partial charge on any atom is -0.394 e. The first kappa shape index (κ1) is 13.7. The van der Waals surface area contributed by atoms with Crippen LogP contribution in [0, 0.1) is 5.92 Å². The molecule has 0 fully saturated rings. The highest BCUT2D eigenvalue weighted by Crippen LogP contribution is 2.02. The Morgan fingerprint density at radius 1 is 1.53 bits per heavy atom. The van der Waals surface area contributed by atoms with Gasteiger partial charge in [0.25, 0.3) is 5.56 Å². The molecule has 1 atom stereocenters. The molecule has 0 saturated carbocycles. The van der Waals surface area contributed by atoms with Crippen molar-refractivity contribution in [3.05, 3.63) is 22.6 Å². The summed E-state index contributed by atoms with van der Waals surface area (Å²) in [4.78, 5) is 11.6. The number of aliphatic hydroxyl groups is 2. The molecule has 1 rings (SSSR count). The van der Waals surface area contributed by atoms with Gasteiger partial charge in [-0.3, -0.25) is 4.79 Å². The largest absolute Gasteiger partial charge is 0.394 e. The maximum absolute atomic E-state index is 11.6. The van der Waals surface area contributed by atoms with Gasteiger partial charge in [0, 0.05) is 12.6 Å². The van der Waals surface area contributed by atoms with Crippen molar-refractivity contribution < 1.29 is 10.2 Å². The van der Waals surface area contributed by atoms with E-state index in [9.17, 15) is 9.90 Å². The van der Waals surface area contributed by atoms with Gasteiger partial charge in [0.1, 0.15) is 0 Å². The predicted molar refractivity (Wildman–Crippen MR) is 64.9 cm³/mol. The smallest absolute Gasteiger partial charge is 0.268 e. The van der Waals surface area contributed by atoms with E-state index in [2.05, 4.69) is 24.3 Å². The summed E-state index contributed by atoms with van der Waals surface area (Å²) in [5, 5.41) is 24.9. The Kier molecular flexibility index (Phi) is 5.11. The zero-order valence-corrected chi connectivity index (χ0v) is 10.1. The van der Waals surface area contributed by atoms with Crippen LogP contribution in [0.2, 0.25) is 0 Å². The fourth-order valence-corrected chi connectivity index (χ4v) is 1.25. The molecule has 0 aliphatic rings. The fourth-order valence-electron chi connectivity index (χ4n) is 1.25. The van der Waals surface area contributed by atoms with Gasteiger partial charge in [0.15, 0.2) is 0 Å². The fraction of sp³-hybridized carbons (Fsp3) is 0.636. The van der Waals surface area contributed by atoms with Gasteiger partial charge in [0.05, 0.1) is 31.1 Å². The molecule has 0 aliphatic carbocycles. The van der Waals surface area contributed by atoms with E-state index in [-0.39, 0.29) is 18.7 Å². The van der Waals surface area contributed by atoms with Crippen molar-refractivity contribution in [2.24, 2.45) is 5.92 Å². The van der Waals surface area contributed by atoms with E-state index >= 15 is 0 Å². The number of aliphatic hydroxyl groups excluding tert-OH is 2. The highest BCUT2D eigenvalue weighted by molar-refractivity contribution is 5.38. The van der Waals surface area contributed by atoms with Crippen molar-refractivity contribution in [2.45, 2.75) is 26.5 Å². The third kappa shape index (κ3) is 4.54. The van der Waals surface area contributed by atoms with Crippen molar-refractivity contribution in [3.8, 4) is 0 Å². The number of aromatic nitrogens is 2. The molecule has 1 heterocycles. The van der Waals surface area contributed by atoms with Crippen LogP contribution in [0.3, 0.4) is 0 Å². The monoisotopic (exact) mass is 241 g/mol. The lowest BCUT2D eigenvalue weighted by molar-refractivity contribution is 0.0770. The molecular formula is C11H19N3O3. The van der Waals surface area contributed by atoms with Crippen molar-refractivity contribution in [1.82, 2.24) is 9.78 Å². The van der Waals surface area contributed by atoms with Crippen LogP contribution in [0.5, 0.6) is 0 Å². The van der Waals surface area contributed by atoms with Gasteiger partial charge in [-0.15, -0.1) is 0 Å². The molecule has 6 heteroatoms. The van der Waals surface area contributed by atoms with Crippen LogP contribution >= 0.6 is 0 Å². The maximum Gasteiger partial charge on any atom is 0.268 e. The standard InChI is InChI=1S/C11H19N3O3/c1-8(2)4-12-9-3-11(17)14(13-5-9)6-10(16)7-15/h3,5,8,10,12,15-16H,4,6-7H2,1-2H3. The summed E-state index contributed by atoms with van der Waals surface area (Å²) in [6, 6.07) is 1.43. The summed E-state index contributed by atoms with van der Waals surface area (Å²) < 4.78 is 1.13. The average molecular weight is 241 g/mol. The van der Waals surface area contributed by atoms with Gasteiger partial charge in [-0.1, -0.05) is 13.8 Å². The second-order valence-corrected chi connectivity index (χ2v) is 4.38. The van der Waals surface area contributed by atoms with E-state index in [1.54, 1.807) is 0 Å². The minimum atomic E-state index is -0.963. The number of anilines is 1. The van der Waals surface area contributed by atoms with E-state index < -0.39 is 6.10 Å². The number of nitrogens with one attached hydrogen (secondary N) is 1. The van der Waals surface area contributed by atoms with Gasteiger partial charge in [-0.05, 0) is 5.92 Å². The lowest BCUT2D eigenvalue weighted by atomic mass is 10.2. The molecule has 0 aliphatic heterocycles. The predicted octanol–water partition coefficient (Wildman–Crippen LogP) is -0.336. The summed E-state index contributed by atoms with van der Waals surface area (Å²) in [6.07, 6.45) is 0.572. The maximum atomic E-state index is 11.6. The molecule has 3 N–H and O–H groups in total. The molecule has 6 nitrogen and oxygen atoms in total. The Morgan fingerprint density at radius 3 is 2.76 bits per heavy atom. The molecule has 0 spiro atoms. The Labute approximate surface area is 99.9 Å². The van der Waals surface area contributed by atoms with Crippen LogP contribution in [-0.2, 0) is 6.54 Å². The van der Waals surface area contributed by atoms with Gasteiger partial charge < -0.3 is 15.5 Å². The van der Waals surface area contributed by atoms with Crippen LogP contribution in [0.1, 0.15) is 13.8 Å². The summed E-state index contributed by atoms with van der Waals surface area (Å²) in [5.41, 5.74) is 0.365. The molecule has 1 aromatic rings. The second kappa shape index (κ2) is 6.36. The molecule has 0 amide bonds. The summed E-state index contributed by atoms with van der Waals surface area (Å²) in [7, 11) is 0. The van der Waals surface area contributed by atoms with Gasteiger partial charge in [-0.2, -0.15) is 5.10 Å². The summed E-state index contributed by atoms with van der Waals surface area (Å²) >= 11 is 0. The Balaban J connectivity index is 2.69. The van der Waals surface area contributed by atoms with Crippen molar-refractivity contribution in [1.29, 1.82) is 0 Å². The molecule has 1 unspecified atom stereocenters. The molecule has 0 bridgehead atoms. The van der Waals surface area contributed by atoms with Crippen LogP contribution in [0.25, 0.3) is 0 Å². The molecule has 17 heavy (non-hydrogen) atoms. The Morgan fingerprint density at radius 2 is 2.24 bits per heavy atom. The van der Waals surface area contributed by atoms with E-state index in [1.165, 1.54) is 12.3 Å². The average Bonchev–Trinajstić information content (AvgIpc) is 2.29. The zero-order chi connectivity index (χ0) is 12.8. The van der Waals surface area contributed by atoms with Gasteiger partial charge in [0.2, 0.25) is 0 Å². The SMILES string of the molecule is CC(C)CNc1cnn(CC(O)CO)c(=O)c1. The first-order valence-electron chi connectivity index (χ1n) is 5.63. The zero-order valence-electron chi connectivity index (χ0n) is 10.1. The van der Waals surface area contributed by atoms with E-state index in [1.807, 2.05) is 0 Å². The summed E-state index contributed by atoms with van der Waals surface area (Å²) in [5.74, 6) is 0.480. The second-order valence-electron chi connectivity index (χ2n) is 4.38. The topological polar surface area (TPSA) is 87.4 Å². The van der Waals surface area contributed by atoms with E-state index in [0.717, 1.165) is 11.2 Å². The highest BCUT2D eigenvalue weighted by atomic mass is 16.3. The molecule has 96 valence electrons. The Bertz CT molecular complexity index is 403. The number of nitrogens with zero attached hydrogens (tertiary/aromatic N) is 2. The number of rotatable bonds is 6. The highest BCUT2D eigenvalue weighted by Gasteiger charge is 2.06. The number of hydrogen-bond acceptors (Lipinski definition) is 5. The van der Waals surface area contributed by atoms with Crippen LogP contribution in [0.4, 0.5) is 5.69 Å². The molecule has 0 saturated heterocycles. The third-order valence-electron chi connectivity index (χ3n) is 2.18. The molecular weight excluding hydrogens is 222 g/mol. The quantitative estimate of drug-likeness (QED) is 0.634. The summed E-state index contributed by atoms with van der Waals surface area (Å²) in [6.45, 7) is 4.52. The van der Waals surface area contributed by atoms with Crippen molar-refractivity contribution >= 4 is 5.69 Å². The van der Waals surface area contributed by atoms with Crippen molar-refractivity contribution in [2.75, 3.05) is 18.5 Å². The lowest BCUT2D eigenvalue weighted by Crippen LogP contribution is -2.30. The normalized spacial score (nSPS) is 12.8. The number of hydrogen-bond donors (Lipinski definition) is 3. The minimum absolute atomic E-state index is 0.000204. The molecule has 0 radical (unpaired) electrons. The lowest BCUT2D eigenvalue weighted by Gasteiger charge is -2.11. The third-order valence-corrected chi connectivity index (χ3v) is 2.18. The van der Waals surface area contributed by atoms with Crippen molar-refractivity contribution in [3.63, 3.8) is 0 Å².